The Hall–Kier alpha value is -5.53. The van der Waals surface area contributed by atoms with E-state index in [0.717, 1.165) is 11.1 Å². The molecular weight excluding hydrogens is 645 g/mol. The third kappa shape index (κ3) is 7.32. The number of anilines is 1. The number of H-pyrrole nitrogens is 1. The van der Waals surface area contributed by atoms with Crippen LogP contribution in [0.3, 0.4) is 0 Å². The molecule has 0 saturated heterocycles. The first kappa shape index (κ1) is 31.5. The van der Waals surface area contributed by atoms with Crippen molar-refractivity contribution in [2.24, 2.45) is 0 Å². The Morgan fingerprint density at radius 1 is 1.04 bits per heavy atom. The van der Waals surface area contributed by atoms with Gasteiger partial charge in [-0.25, -0.2) is 9.78 Å². The summed E-state index contributed by atoms with van der Waals surface area (Å²) in [5.74, 6) is -0.355. The number of nitrogens with one attached hydrogen (secondary N) is 3. The Labute approximate surface area is 278 Å². The van der Waals surface area contributed by atoms with Crippen molar-refractivity contribution in [2.45, 2.75) is 25.6 Å². The van der Waals surface area contributed by atoms with E-state index in [2.05, 4.69) is 40.9 Å². The molecule has 0 aliphatic carbocycles. The van der Waals surface area contributed by atoms with Crippen molar-refractivity contribution in [3.05, 3.63) is 112 Å². The fourth-order valence-electron chi connectivity index (χ4n) is 5.16. The number of ether oxygens (including phenoxy) is 1. The van der Waals surface area contributed by atoms with Crippen LogP contribution in [0.1, 0.15) is 35.0 Å². The number of hydrogen-bond donors (Lipinski definition) is 3. The van der Waals surface area contributed by atoms with Gasteiger partial charge in [0.2, 0.25) is 11.8 Å². The third-order valence-electron chi connectivity index (χ3n) is 7.49. The number of nitrogens with zero attached hydrogens (tertiary/aromatic N) is 6. The average molecular weight is 673 g/mol. The molecule has 3 heterocycles. The third-order valence-corrected chi connectivity index (χ3v) is 8.00. The number of amides is 3. The zero-order chi connectivity index (χ0) is 32.9. The van der Waals surface area contributed by atoms with Crippen LogP contribution in [0, 0.1) is 0 Å². The van der Waals surface area contributed by atoms with Crippen LogP contribution in [0.4, 0.5) is 10.5 Å². The lowest BCUT2D eigenvalue weighted by atomic mass is 10.1. The molecule has 3 aromatic carbocycles. The minimum atomic E-state index is -0.853. The summed E-state index contributed by atoms with van der Waals surface area (Å²) in [4.78, 5) is 48.0. The molecule has 3 amide bonds. The van der Waals surface area contributed by atoms with Crippen molar-refractivity contribution >= 4 is 52.9 Å². The van der Waals surface area contributed by atoms with Crippen molar-refractivity contribution in [2.75, 3.05) is 12.4 Å². The molecule has 3 N–H and O–H groups in total. The van der Waals surface area contributed by atoms with Crippen LogP contribution >= 0.6 is 23.2 Å². The molecule has 1 atom stereocenters. The smallest absolute Gasteiger partial charge is 0.411 e. The maximum absolute atomic E-state index is 13.6. The van der Waals surface area contributed by atoms with Crippen LogP contribution in [0.5, 0.6) is 0 Å². The number of hydrogen-bond acceptors (Lipinski definition) is 8. The molecule has 0 bridgehead atoms. The summed E-state index contributed by atoms with van der Waals surface area (Å²) in [7, 11) is 1.28. The molecule has 0 fully saturated rings. The second-order valence-electron chi connectivity index (χ2n) is 10.6. The molecule has 0 spiro atoms. The van der Waals surface area contributed by atoms with Crippen LogP contribution in [0.15, 0.2) is 79.1 Å². The number of tetrazole rings is 1. The molecular formula is C32H27Cl2N9O4. The summed E-state index contributed by atoms with van der Waals surface area (Å²) >= 11 is 12.8. The number of aromatic amines is 1. The van der Waals surface area contributed by atoms with E-state index >= 15 is 0 Å². The van der Waals surface area contributed by atoms with Crippen molar-refractivity contribution in [1.29, 1.82) is 0 Å². The Morgan fingerprint density at radius 2 is 1.79 bits per heavy atom. The minimum absolute atomic E-state index is 0.0775. The highest BCUT2D eigenvalue weighted by molar-refractivity contribution is 6.32. The topological polar surface area (TPSA) is 160 Å². The standard InChI is InChI=1S/C32H27Cl2N9O4/c1-47-32(46)36-24-10-6-19(7-11-24)29-30(34)39-31(38-29)25(15-28(45)42-16-21-4-2-3-5-22(21)17-42)37-27(44)13-8-20-14-23(33)9-12-26(20)43-18-35-40-41-43/h2-14,18,25H,15-17H2,1H3,(H,36,46)(H,37,44)(H,38,39)/b13-8+. The summed E-state index contributed by atoms with van der Waals surface area (Å²) < 4.78 is 6.09. The van der Waals surface area contributed by atoms with Gasteiger partial charge in [0.1, 0.15) is 23.0 Å². The second kappa shape index (κ2) is 13.8. The van der Waals surface area contributed by atoms with E-state index in [1.807, 2.05) is 24.3 Å². The lowest BCUT2D eigenvalue weighted by molar-refractivity contribution is -0.132. The van der Waals surface area contributed by atoms with Gasteiger partial charge in [-0.05, 0) is 58.0 Å². The summed E-state index contributed by atoms with van der Waals surface area (Å²) in [6.07, 6.45) is 3.67. The van der Waals surface area contributed by atoms with Gasteiger partial charge in [0.05, 0.1) is 25.3 Å². The molecule has 5 aromatic rings. The molecule has 13 nitrogen and oxygen atoms in total. The highest BCUT2D eigenvalue weighted by Gasteiger charge is 2.28. The van der Waals surface area contributed by atoms with Crippen LogP contribution in [0.25, 0.3) is 23.0 Å². The van der Waals surface area contributed by atoms with Gasteiger partial charge in [-0.2, -0.15) is 4.68 Å². The van der Waals surface area contributed by atoms with Gasteiger partial charge in [0.25, 0.3) is 0 Å². The number of carbonyl (C=O) groups is 3. The van der Waals surface area contributed by atoms with E-state index in [-0.39, 0.29) is 17.5 Å². The molecule has 6 rings (SSSR count). The SMILES string of the molecule is COC(=O)Nc1ccc(-c2nc(C(CC(=O)N3Cc4ccccc4C3)NC(=O)/C=C/c3cc(Cl)ccc3-n3cnnn3)[nH]c2Cl)cc1. The zero-order valence-corrected chi connectivity index (χ0v) is 26.4. The monoisotopic (exact) mass is 671 g/mol. The quantitative estimate of drug-likeness (QED) is 0.177. The van der Waals surface area contributed by atoms with Gasteiger partial charge in [-0.1, -0.05) is 59.6 Å². The van der Waals surface area contributed by atoms with Crippen LogP contribution in [-0.2, 0) is 27.4 Å². The normalized spacial score (nSPS) is 13.0. The van der Waals surface area contributed by atoms with E-state index in [4.69, 9.17) is 23.2 Å². The number of aromatic nitrogens is 6. The van der Waals surface area contributed by atoms with Gasteiger partial charge in [0.15, 0.2) is 0 Å². The molecule has 15 heteroatoms. The second-order valence-corrected chi connectivity index (χ2v) is 11.4. The fraction of sp³-hybridized carbons (Fsp3) is 0.156. The van der Waals surface area contributed by atoms with Crippen LogP contribution in [-0.4, -0.2) is 60.1 Å². The summed E-state index contributed by atoms with van der Waals surface area (Å²) in [5, 5.41) is 17.4. The Bertz CT molecular complexity index is 1930. The van der Waals surface area contributed by atoms with Crippen LogP contribution < -0.4 is 10.6 Å². The number of imidazole rings is 1. The summed E-state index contributed by atoms with van der Waals surface area (Å²) in [6.45, 7) is 0.945. The van der Waals surface area contributed by atoms with E-state index in [0.29, 0.717) is 52.1 Å². The first-order chi connectivity index (χ1) is 22.8. The van der Waals surface area contributed by atoms with Gasteiger partial charge >= 0.3 is 6.09 Å². The lowest BCUT2D eigenvalue weighted by Crippen LogP contribution is -2.34. The van der Waals surface area contributed by atoms with Crippen molar-refractivity contribution in [3.8, 4) is 16.9 Å². The fourth-order valence-corrected chi connectivity index (χ4v) is 5.59. The molecule has 1 unspecified atom stereocenters. The highest BCUT2D eigenvalue weighted by atomic mass is 35.5. The molecule has 0 saturated carbocycles. The molecule has 0 radical (unpaired) electrons. The first-order valence-corrected chi connectivity index (χ1v) is 15.1. The van der Waals surface area contributed by atoms with Crippen molar-refractivity contribution in [3.63, 3.8) is 0 Å². The average Bonchev–Trinajstić information content (AvgIpc) is 3.84. The maximum atomic E-state index is 13.6. The molecule has 2 aromatic heterocycles. The molecule has 238 valence electrons. The largest absolute Gasteiger partial charge is 0.453 e. The summed E-state index contributed by atoms with van der Waals surface area (Å²) in [6, 6.07) is 18.9. The zero-order valence-electron chi connectivity index (χ0n) is 24.9. The van der Waals surface area contributed by atoms with E-state index in [9.17, 15) is 14.4 Å². The molecule has 1 aliphatic heterocycles. The van der Waals surface area contributed by atoms with Crippen LogP contribution in [0.2, 0.25) is 10.2 Å². The van der Waals surface area contributed by atoms with Gasteiger partial charge in [0, 0.05) is 41.0 Å². The molecule has 1 aliphatic rings. The van der Waals surface area contributed by atoms with Crippen molar-refractivity contribution in [1.82, 2.24) is 40.4 Å². The number of benzene rings is 3. The van der Waals surface area contributed by atoms with Gasteiger partial charge in [-0.15, -0.1) is 5.10 Å². The van der Waals surface area contributed by atoms with E-state index < -0.39 is 18.0 Å². The number of fused-ring (bicyclic) bond motifs is 1. The first-order valence-electron chi connectivity index (χ1n) is 14.3. The van der Waals surface area contributed by atoms with E-state index in [1.165, 1.54) is 24.2 Å². The van der Waals surface area contributed by atoms with Crippen molar-refractivity contribution < 1.29 is 19.1 Å². The number of carbonyl (C=O) groups excluding carboxylic acids is 3. The lowest BCUT2D eigenvalue weighted by Gasteiger charge is -2.20. The highest BCUT2D eigenvalue weighted by Crippen LogP contribution is 2.31. The predicted molar refractivity (Wildman–Crippen MR) is 174 cm³/mol. The minimum Gasteiger partial charge on any atom is -0.453 e. The number of halogens is 2. The number of rotatable bonds is 9. The Morgan fingerprint density at radius 3 is 2.47 bits per heavy atom. The summed E-state index contributed by atoms with van der Waals surface area (Å²) in [5.41, 5.74) is 4.94. The van der Waals surface area contributed by atoms with Gasteiger partial charge in [-0.3, -0.25) is 14.9 Å². The maximum Gasteiger partial charge on any atom is 0.411 e. The Kier molecular flexibility index (Phi) is 9.27. The predicted octanol–water partition coefficient (Wildman–Crippen LogP) is 5.34. The molecule has 47 heavy (non-hydrogen) atoms. The number of methoxy groups -OCH3 is 1. The van der Waals surface area contributed by atoms with Gasteiger partial charge < -0.3 is 19.9 Å². The van der Waals surface area contributed by atoms with E-state index in [1.54, 1.807) is 53.4 Å². The Balaban J connectivity index is 1.25.